The molecule has 0 fully saturated rings. The SMILES string of the molecule is O=c1c2ccccc2sc2cccc(S)c12. The first-order chi connectivity index (χ1) is 7.77. The standard InChI is InChI=1S/C13H8OS2/c14-13-8-4-1-2-6-10(8)16-11-7-3-5-9(15)12(11)13/h1-7,15H. The van der Waals surface area contributed by atoms with Crippen LogP contribution in [0.4, 0.5) is 0 Å². The molecule has 0 N–H and O–H groups in total. The van der Waals surface area contributed by atoms with Gasteiger partial charge in [-0.3, -0.25) is 4.79 Å². The van der Waals surface area contributed by atoms with E-state index in [1.165, 1.54) is 0 Å². The molecule has 0 spiro atoms. The van der Waals surface area contributed by atoms with Crippen molar-refractivity contribution >= 4 is 44.1 Å². The highest BCUT2D eigenvalue weighted by Gasteiger charge is 2.07. The third kappa shape index (κ3) is 1.36. The van der Waals surface area contributed by atoms with Crippen LogP contribution >= 0.6 is 24.0 Å². The highest BCUT2D eigenvalue weighted by molar-refractivity contribution is 7.80. The van der Waals surface area contributed by atoms with Crippen molar-refractivity contribution in [1.82, 2.24) is 0 Å². The summed E-state index contributed by atoms with van der Waals surface area (Å²) < 4.78 is 2.02. The van der Waals surface area contributed by atoms with Crippen LogP contribution in [0.15, 0.2) is 52.2 Å². The fourth-order valence-corrected chi connectivity index (χ4v) is 3.32. The molecule has 1 nitrogen and oxygen atoms in total. The summed E-state index contributed by atoms with van der Waals surface area (Å²) in [5, 5.41) is 1.51. The van der Waals surface area contributed by atoms with Crippen molar-refractivity contribution in [1.29, 1.82) is 0 Å². The summed E-state index contributed by atoms with van der Waals surface area (Å²) in [7, 11) is 0. The van der Waals surface area contributed by atoms with Crippen molar-refractivity contribution in [2.75, 3.05) is 0 Å². The number of hydrogen-bond donors (Lipinski definition) is 1. The van der Waals surface area contributed by atoms with Crippen LogP contribution < -0.4 is 5.43 Å². The Balaban J connectivity index is 2.67. The third-order valence-electron chi connectivity index (χ3n) is 2.58. The maximum Gasteiger partial charge on any atom is 0.196 e. The summed E-state index contributed by atoms with van der Waals surface area (Å²) in [6.07, 6.45) is 0. The molecule has 0 atom stereocenters. The first kappa shape index (κ1) is 9.87. The number of benzene rings is 2. The molecule has 0 radical (unpaired) electrons. The van der Waals surface area contributed by atoms with E-state index in [9.17, 15) is 4.79 Å². The highest BCUT2D eigenvalue weighted by Crippen LogP contribution is 2.27. The molecule has 0 unspecified atom stereocenters. The van der Waals surface area contributed by atoms with Crippen LogP contribution in [0.5, 0.6) is 0 Å². The van der Waals surface area contributed by atoms with Crippen LogP contribution in [-0.2, 0) is 0 Å². The van der Waals surface area contributed by atoms with Crippen molar-refractivity contribution in [3.63, 3.8) is 0 Å². The molecule has 2 aromatic carbocycles. The molecule has 1 heterocycles. The lowest BCUT2D eigenvalue weighted by atomic mass is 10.2. The minimum atomic E-state index is 0.0787. The van der Waals surface area contributed by atoms with Gasteiger partial charge in [-0.25, -0.2) is 0 Å². The first-order valence-electron chi connectivity index (χ1n) is 4.91. The monoisotopic (exact) mass is 244 g/mol. The van der Waals surface area contributed by atoms with E-state index in [2.05, 4.69) is 12.6 Å². The molecule has 0 aliphatic heterocycles. The van der Waals surface area contributed by atoms with Gasteiger partial charge < -0.3 is 0 Å². The van der Waals surface area contributed by atoms with Crippen LogP contribution in [0, 0.1) is 0 Å². The fourth-order valence-electron chi connectivity index (χ4n) is 1.83. The Hall–Kier alpha value is -1.32. The molecular formula is C13H8OS2. The molecule has 0 amide bonds. The second kappa shape index (κ2) is 3.61. The smallest absolute Gasteiger partial charge is 0.196 e. The molecule has 1 aromatic heterocycles. The van der Waals surface area contributed by atoms with E-state index in [1.54, 1.807) is 11.3 Å². The maximum absolute atomic E-state index is 12.3. The Kier molecular flexibility index (Phi) is 2.23. The van der Waals surface area contributed by atoms with E-state index in [-0.39, 0.29) is 5.43 Å². The van der Waals surface area contributed by atoms with E-state index >= 15 is 0 Å². The fraction of sp³-hybridized carbons (Fsp3) is 0. The van der Waals surface area contributed by atoms with Gasteiger partial charge in [0.15, 0.2) is 5.43 Å². The topological polar surface area (TPSA) is 17.1 Å². The van der Waals surface area contributed by atoms with Gasteiger partial charge in [0.1, 0.15) is 0 Å². The zero-order valence-corrected chi connectivity index (χ0v) is 10.0. The summed E-state index contributed by atoms with van der Waals surface area (Å²) >= 11 is 5.98. The minimum Gasteiger partial charge on any atom is -0.288 e. The molecule has 78 valence electrons. The Morgan fingerprint density at radius 2 is 1.69 bits per heavy atom. The predicted octanol–water partition coefficient (Wildman–Crippen LogP) is 3.70. The van der Waals surface area contributed by atoms with Gasteiger partial charge >= 0.3 is 0 Å². The number of fused-ring (bicyclic) bond motifs is 2. The molecule has 3 heteroatoms. The average molecular weight is 244 g/mol. The number of rotatable bonds is 0. The van der Waals surface area contributed by atoms with Crippen molar-refractivity contribution in [2.45, 2.75) is 4.90 Å². The number of hydrogen-bond acceptors (Lipinski definition) is 3. The van der Waals surface area contributed by atoms with Crippen LogP contribution in [0.25, 0.3) is 20.2 Å². The molecule has 0 aliphatic rings. The summed E-state index contributed by atoms with van der Waals surface area (Å²) in [5.74, 6) is 0. The number of thiol groups is 1. The Bertz CT molecular complexity index is 744. The van der Waals surface area contributed by atoms with Gasteiger partial charge in [0.2, 0.25) is 0 Å². The lowest BCUT2D eigenvalue weighted by molar-refractivity contribution is 1.56. The lowest BCUT2D eigenvalue weighted by Gasteiger charge is -2.02. The summed E-state index contributed by atoms with van der Waals surface area (Å²) in [4.78, 5) is 13.0. The summed E-state index contributed by atoms with van der Waals surface area (Å²) in [5.41, 5.74) is 0.0787. The molecular weight excluding hydrogens is 236 g/mol. The Morgan fingerprint density at radius 1 is 0.938 bits per heavy atom. The van der Waals surface area contributed by atoms with Gasteiger partial charge in [-0.05, 0) is 24.3 Å². The molecule has 3 rings (SSSR count). The second-order valence-corrected chi connectivity index (χ2v) is 5.14. The van der Waals surface area contributed by atoms with Crippen LogP contribution in [0.3, 0.4) is 0 Å². The maximum atomic E-state index is 12.3. The minimum absolute atomic E-state index is 0.0787. The molecule has 0 bridgehead atoms. The van der Waals surface area contributed by atoms with E-state index in [1.807, 2.05) is 42.5 Å². The lowest BCUT2D eigenvalue weighted by Crippen LogP contribution is -2.01. The van der Waals surface area contributed by atoms with E-state index in [4.69, 9.17) is 0 Å². The van der Waals surface area contributed by atoms with Gasteiger partial charge in [-0.15, -0.1) is 24.0 Å². The van der Waals surface area contributed by atoms with E-state index < -0.39 is 0 Å². The molecule has 0 saturated carbocycles. The van der Waals surface area contributed by atoms with Crippen LogP contribution in [0.2, 0.25) is 0 Å². The highest BCUT2D eigenvalue weighted by atomic mass is 32.1. The van der Waals surface area contributed by atoms with Crippen molar-refractivity contribution in [3.05, 3.63) is 52.7 Å². The largest absolute Gasteiger partial charge is 0.288 e. The first-order valence-corrected chi connectivity index (χ1v) is 6.17. The molecule has 0 aliphatic carbocycles. The average Bonchev–Trinajstić information content (AvgIpc) is 2.29. The van der Waals surface area contributed by atoms with Gasteiger partial charge in [0.05, 0.1) is 5.39 Å². The van der Waals surface area contributed by atoms with Crippen molar-refractivity contribution in [2.24, 2.45) is 0 Å². The van der Waals surface area contributed by atoms with Crippen LogP contribution in [0.1, 0.15) is 0 Å². The van der Waals surface area contributed by atoms with Gasteiger partial charge in [0.25, 0.3) is 0 Å². The third-order valence-corrected chi connectivity index (χ3v) is 4.09. The predicted molar refractivity (Wildman–Crippen MR) is 72.9 cm³/mol. The van der Waals surface area contributed by atoms with Crippen LogP contribution in [-0.4, -0.2) is 0 Å². The Labute approximate surface area is 102 Å². The molecule has 3 aromatic rings. The molecule has 0 saturated heterocycles. The second-order valence-electron chi connectivity index (χ2n) is 3.58. The Morgan fingerprint density at radius 3 is 2.56 bits per heavy atom. The summed E-state index contributed by atoms with van der Waals surface area (Å²) in [6.45, 7) is 0. The van der Waals surface area contributed by atoms with Gasteiger partial charge in [-0.1, -0.05) is 18.2 Å². The van der Waals surface area contributed by atoms with Crippen molar-refractivity contribution < 1.29 is 0 Å². The zero-order chi connectivity index (χ0) is 11.1. The van der Waals surface area contributed by atoms with Crippen molar-refractivity contribution in [3.8, 4) is 0 Å². The summed E-state index contributed by atoms with van der Waals surface area (Å²) in [6, 6.07) is 13.4. The van der Waals surface area contributed by atoms with Gasteiger partial charge in [-0.2, -0.15) is 0 Å². The van der Waals surface area contributed by atoms with Gasteiger partial charge in [0, 0.05) is 19.7 Å². The van der Waals surface area contributed by atoms with E-state index in [0.29, 0.717) is 0 Å². The normalized spacial score (nSPS) is 11.1. The quantitative estimate of drug-likeness (QED) is 0.471. The zero-order valence-electron chi connectivity index (χ0n) is 8.31. The molecule has 16 heavy (non-hydrogen) atoms. The van der Waals surface area contributed by atoms with E-state index in [0.717, 1.165) is 25.1 Å².